The van der Waals surface area contributed by atoms with E-state index in [0.29, 0.717) is 19.3 Å². The van der Waals surface area contributed by atoms with Gasteiger partial charge in [-0.15, -0.1) is 0 Å². The highest BCUT2D eigenvalue weighted by molar-refractivity contribution is 5.95. The lowest BCUT2D eigenvalue weighted by Gasteiger charge is -2.14. The molecule has 1 aliphatic rings. The molecule has 0 spiro atoms. The number of methoxy groups -OCH3 is 2. The largest absolute Gasteiger partial charge is 0.493 e. The Hall–Kier alpha value is -2.31. The number of amides is 1. The number of hydrogen-bond acceptors (Lipinski definition) is 4. The van der Waals surface area contributed by atoms with Gasteiger partial charge in [-0.25, -0.2) is 4.39 Å². The number of carbonyl (C=O) groups is 2. The van der Waals surface area contributed by atoms with Crippen molar-refractivity contribution >= 4 is 11.9 Å². The molecule has 0 aliphatic heterocycles. The zero-order valence-corrected chi connectivity index (χ0v) is 12.4. The predicted octanol–water partition coefficient (Wildman–Crippen LogP) is 1.83. The Morgan fingerprint density at radius 3 is 2.41 bits per heavy atom. The van der Waals surface area contributed by atoms with Gasteiger partial charge in [0.2, 0.25) is 0 Å². The van der Waals surface area contributed by atoms with Crippen molar-refractivity contribution in [2.24, 2.45) is 5.92 Å². The van der Waals surface area contributed by atoms with Gasteiger partial charge in [-0.3, -0.25) is 9.59 Å². The quantitative estimate of drug-likeness (QED) is 0.866. The first-order valence-electron chi connectivity index (χ1n) is 6.91. The average Bonchev–Trinajstić information content (AvgIpc) is 2.95. The molecule has 7 heteroatoms. The van der Waals surface area contributed by atoms with E-state index < -0.39 is 23.6 Å². The Kier molecular flexibility index (Phi) is 4.85. The van der Waals surface area contributed by atoms with Crippen LogP contribution in [0.3, 0.4) is 0 Å². The number of benzene rings is 1. The van der Waals surface area contributed by atoms with Crippen LogP contribution in [0.4, 0.5) is 4.39 Å². The van der Waals surface area contributed by atoms with Crippen molar-refractivity contribution in [3.63, 3.8) is 0 Å². The summed E-state index contributed by atoms with van der Waals surface area (Å²) in [5, 5.41) is 11.6. The van der Waals surface area contributed by atoms with Gasteiger partial charge in [-0.1, -0.05) is 0 Å². The van der Waals surface area contributed by atoms with Crippen molar-refractivity contribution in [3.8, 4) is 11.5 Å². The van der Waals surface area contributed by atoms with Crippen LogP contribution in [0.2, 0.25) is 0 Å². The summed E-state index contributed by atoms with van der Waals surface area (Å²) in [6.07, 6.45) is 1.43. The molecular weight excluding hydrogens is 293 g/mol. The highest BCUT2D eigenvalue weighted by atomic mass is 19.1. The van der Waals surface area contributed by atoms with E-state index in [4.69, 9.17) is 14.6 Å². The van der Waals surface area contributed by atoms with E-state index in [0.717, 1.165) is 6.07 Å². The van der Waals surface area contributed by atoms with Gasteiger partial charge in [0.1, 0.15) is 5.82 Å². The maximum absolute atomic E-state index is 14.0. The molecule has 1 saturated carbocycles. The van der Waals surface area contributed by atoms with Crippen LogP contribution < -0.4 is 14.8 Å². The Balaban J connectivity index is 2.11. The number of aliphatic carboxylic acids is 1. The van der Waals surface area contributed by atoms with Crippen LogP contribution in [0.25, 0.3) is 0 Å². The molecule has 1 aromatic carbocycles. The molecule has 2 rings (SSSR count). The lowest BCUT2D eigenvalue weighted by Crippen LogP contribution is -2.33. The molecule has 0 heterocycles. The summed E-state index contributed by atoms with van der Waals surface area (Å²) in [5.41, 5.74) is -0.156. The minimum atomic E-state index is -0.867. The summed E-state index contributed by atoms with van der Waals surface area (Å²) in [4.78, 5) is 23.1. The molecule has 0 unspecified atom stereocenters. The molecule has 120 valence electrons. The second-order valence-electron chi connectivity index (χ2n) is 5.21. The first-order chi connectivity index (χ1) is 10.5. The smallest absolute Gasteiger partial charge is 0.306 e. The number of carboxylic acid groups (broad SMARTS) is 1. The van der Waals surface area contributed by atoms with Crippen LogP contribution in [-0.4, -0.2) is 37.2 Å². The first kappa shape index (κ1) is 16.1. The summed E-state index contributed by atoms with van der Waals surface area (Å²) in [5.74, 6) is -2.18. The molecule has 1 amide bonds. The van der Waals surface area contributed by atoms with Crippen molar-refractivity contribution in [2.75, 3.05) is 14.2 Å². The van der Waals surface area contributed by atoms with Crippen LogP contribution in [0.5, 0.6) is 11.5 Å². The zero-order valence-electron chi connectivity index (χ0n) is 12.4. The highest BCUT2D eigenvalue weighted by Gasteiger charge is 2.31. The van der Waals surface area contributed by atoms with Gasteiger partial charge in [-0.2, -0.15) is 0 Å². The minimum Gasteiger partial charge on any atom is -0.493 e. The van der Waals surface area contributed by atoms with Gasteiger partial charge in [0, 0.05) is 12.1 Å². The van der Waals surface area contributed by atoms with Gasteiger partial charge in [0.25, 0.3) is 5.91 Å². The number of nitrogens with one attached hydrogen (secondary N) is 1. The average molecular weight is 311 g/mol. The number of carboxylic acids is 1. The van der Waals surface area contributed by atoms with Gasteiger partial charge in [0.05, 0.1) is 25.7 Å². The Bertz CT molecular complexity index is 590. The SMILES string of the molecule is COc1cc(F)c(C(=O)N[C@H]2CC[C@@H](C(=O)O)C2)cc1OC. The van der Waals surface area contributed by atoms with Gasteiger partial charge >= 0.3 is 5.97 Å². The molecule has 6 nitrogen and oxygen atoms in total. The summed E-state index contributed by atoms with van der Waals surface area (Å²) in [7, 11) is 2.77. The fourth-order valence-corrected chi connectivity index (χ4v) is 2.63. The van der Waals surface area contributed by atoms with E-state index in [1.54, 1.807) is 0 Å². The van der Waals surface area contributed by atoms with Crippen molar-refractivity contribution in [1.29, 1.82) is 0 Å². The van der Waals surface area contributed by atoms with Crippen LogP contribution in [0.1, 0.15) is 29.6 Å². The van der Waals surface area contributed by atoms with Crippen LogP contribution in [0.15, 0.2) is 12.1 Å². The van der Waals surface area contributed by atoms with E-state index in [1.807, 2.05) is 0 Å². The standard InChI is InChI=1S/C15H18FNO5/c1-21-12-6-10(11(16)7-13(12)22-2)14(18)17-9-4-3-8(5-9)15(19)20/h6-9H,3-5H2,1-2H3,(H,17,18)(H,19,20)/t8-,9+/m1/s1. The summed E-state index contributed by atoms with van der Waals surface area (Å²) < 4.78 is 24.0. The fourth-order valence-electron chi connectivity index (χ4n) is 2.63. The number of halogens is 1. The Morgan fingerprint density at radius 1 is 1.23 bits per heavy atom. The molecule has 0 bridgehead atoms. The molecule has 22 heavy (non-hydrogen) atoms. The van der Waals surface area contributed by atoms with E-state index in [-0.39, 0.29) is 23.1 Å². The van der Waals surface area contributed by atoms with Crippen molar-refractivity contribution in [2.45, 2.75) is 25.3 Å². The summed E-state index contributed by atoms with van der Waals surface area (Å²) >= 11 is 0. The molecule has 0 saturated heterocycles. The molecule has 0 radical (unpaired) electrons. The van der Waals surface area contributed by atoms with Gasteiger partial charge in [-0.05, 0) is 25.3 Å². The molecule has 2 N–H and O–H groups in total. The molecule has 1 aromatic rings. The lowest BCUT2D eigenvalue weighted by atomic mass is 10.1. The summed E-state index contributed by atoms with van der Waals surface area (Å²) in [6.45, 7) is 0. The monoisotopic (exact) mass is 311 g/mol. The Labute approximate surface area is 127 Å². The van der Waals surface area contributed by atoms with Crippen molar-refractivity contribution in [1.82, 2.24) is 5.32 Å². The number of ether oxygens (including phenoxy) is 2. The zero-order chi connectivity index (χ0) is 16.3. The minimum absolute atomic E-state index is 0.156. The second-order valence-corrected chi connectivity index (χ2v) is 5.21. The second kappa shape index (κ2) is 6.64. The van der Waals surface area contributed by atoms with Gasteiger partial charge in [0.15, 0.2) is 11.5 Å². The van der Waals surface area contributed by atoms with E-state index >= 15 is 0 Å². The summed E-state index contributed by atoms with van der Waals surface area (Å²) in [6, 6.07) is 2.09. The number of hydrogen-bond donors (Lipinski definition) is 2. The first-order valence-corrected chi connectivity index (χ1v) is 6.91. The van der Waals surface area contributed by atoms with Crippen LogP contribution >= 0.6 is 0 Å². The fraction of sp³-hybridized carbons (Fsp3) is 0.467. The maximum Gasteiger partial charge on any atom is 0.306 e. The molecule has 0 aromatic heterocycles. The third kappa shape index (κ3) is 3.29. The van der Waals surface area contributed by atoms with Crippen molar-refractivity contribution < 1.29 is 28.6 Å². The third-order valence-electron chi connectivity index (χ3n) is 3.83. The molecule has 1 aliphatic carbocycles. The van der Waals surface area contributed by atoms with E-state index in [2.05, 4.69) is 5.32 Å². The van der Waals surface area contributed by atoms with E-state index in [9.17, 15) is 14.0 Å². The topological polar surface area (TPSA) is 84.9 Å². The number of carbonyl (C=O) groups excluding carboxylic acids is 1. The highest BCUT2D eigenvalue weighted by Crippen LogP contribution is 2.30. The van der Waals surface area contributed by atoms with E-state index in [1.165, 1.54) is 20.3 Å². The maximum atomic E-state index is 14.0. The molecule has 1 fully saturated rings. The normalized spacial score (nSPS) is 20.5. The predicted molar refractivity (Wildman–Crippen MR) is 75.7 cm³/mol. The van der Waals surface area contributed by atoms with Crippen molar-refractivity contribution in [3.05, 3.63) is 23.5 Å². The lowest BCUT2D eigenvalue weighted by molar-refractivity contribution is -0.141. The third-order valence-corrected chi connectivity index (χ3v) is 3.83. The van der Waals surface area contributed by atoms with Crippen LogP contribution in [-0.2, 0) is 4.79 Å². The molecular formula is C15H18FNO5. The molecule has 2 atom stereocenters. The Morgan fingerprint density at radius 2 is 1.86 bits per heavy atom. The van der Waals surface area contributed by atoms with Crippen LogP contribution in [0, 0.1) is 11.7 Å². The van der Waals surface area contributed by atoms with Gasteiger partial charge < -0.3 is 19.9 Å². The number of rotatable bonds is 5.